The fraction of sp³-hybridized carbons (Fsp3) is 0.818. The van der Waals surface area contributed by atoms with Crippen molar-refractivity contribution in [1.82, 2.24) is 4.90 Å². The van der Waals surface area contributed by atoms with Crippen LogP contribution in [-0.2, 0) is 54.1 Å². The van der Waals surface area contributed by atoms with E-state index in [4.69, 9.17) is 43.6 Å². The van der Waals surface area contributed by atoms with Gasteiger partial charge in [0.25, 0.3) is 0 Å². The molecule has 0 radical (unpaired) electrons. The van der Waals surface area contributed by atoms with Crippen LogP contribution < -0.4 is 5.73 Å². The average molecular weight is 837 g/mol. The summed E-state index contributed by atoms with van der Waals surface area (Å²) in [6.45, 7) is 16.2. The molecule has 1 unspecified atom stereocenters. The SMILES string of the molecule is CO[C@]1(C)C[C@H](O[C@H]2[C@H](C)[C@@H](O[C@@H]3O[C@H](C)C[C@H](N(C)C)[C@H]3OCc3ccc(N)cc3)[C@@](C)(OC)C[C@@H](C)C(=O)[C@H](C)[C@@H](O)[C@@]3(O)C(C)[C@H]3OC(=O)[C@@H]2C)O[C@@H](C)[C@@H]1O. The number of likely N-dealkylation sites (N-methyl/N-ethyl adjacent to an activating group) is 1. The van der Waals surface area contributed by atoms with E-state index in [1.807, 2.05) is 59.1 Å². The van der Waals surface area contributed by atoms with Gasteiger partial charge in [0.15, 0.2) is 12.6 Å². The van der Waals surface area contributed by atoms with Gasteiger partial charge in [-0.3, -0.25) is 9.59 Å². The molecule has 4 aliphatic rings. The number of methoxy groups -OCH3 is 2. The topological polar surface area (TPSA) is 198 Å². The van der Waals surface area contributed by atoms with E-state index in [0.717, 1.165) is 5.56 Å². The Kier molecular flexibility index (Phi) is 15.1. The molecule has 0 aromatic heterocycles. The Balaban J connectivity index is 1.60. The molecule has 15 nitrogen and oxygen atoms in total. The zero-order chi connectivity index (χ0) is 43.9. The number of anilines is 1. The van der Waals surface area contributed by atoms with Crippen LogP contribution in [0.2, 0.25) is 0 Å². The molecular formula is C44H72N2O13. The van der Waals surface area contributed by atoms with Crippen LogP contribution in [-0.4, -0.2) is 145 Å². The molecule has 0 spiro atoms. The first-order chi connectivity index (χ1) is 27.5. The smallest absolute Gasteiger partial charge is 0.311 e. The number of nitrogen functional groups attached to an aromatic ring is 1. The molecule has 59 heavy (non-hydrogen) atoms. The molecule has 5 N–H and O–H groups in total. The fourth-order valence-corrected chi connectivity index (χ4v) is 9.79. The van der Waals surface area contributed by atoms with Crippen LogP contribution in [0.4, 0.5) is 5.69 Å². The molecule has 1 aliphatic carbocycles. The Bertz CT molecular complexity index is 1580. The first kappa shape index (κ1) is 47.8. The molecule has 3 saturated heterocycles. The highest BCUT2D eigenvalue weighted by Crippen LogP contribution is 2.51. The first-order valence-corrected chi connectivity index (χ1v) is 21.2. The highest BCUT2D eigenvalue weighted by Gasteiger charge is 2.70. The molecule has 0 bridgehead atoms. The number of carbonyl (C=O) groups is 2. The molecule has 1 saturated carbocycles. The Morgan fingerprint density at radius 2 is 1.47 bits per heavy atom. The maximum Gasteiger partial charge on any atom is 0.311 e. The summed E-state index contributed by atoms with van der Waals surface area (Å²) in [6.07, 6.45) is -7.88. The number of nitrogens with zero attached hydrogens (tertiary/aromatic N) is 1. The average Bonchev–Trinajstić information content (AvgIpc) is 3.72. The molecule has 1 aromatic rings. The molecule has 15 heteroatoms. The number of ether oxygens (including phenoxy) is 8. The van der Waals surface area contributed by atoms with Crippen LogP contribution in [0.15, 0.2) is 24.3 Å². The minimum atomic E-state index is -1.82. The third-order valence-corrected chi connectivity index (χ3v) is 14.0. The first-order valence-electron chi connectivity index (χ1n) is 21.2. The number of esters is 1. The van der Waals surface area contributed by atoms with E-state index in [2.05, 4.69) is 4.90 Å². The normalized spacial score (nSPS) is 46.3. The van der Waals surface area contributed by atoms with Crippen LogP contribution >= 0.6 is 0 Å². The fourth-order valence-electron chi connectivity index (χ4n) is 9.79. The van der Waals surface area contributed by atoms with Crippen molar-refractivity contribution in [3.63, 3.8) is 0 Å². The Morgan fingerprint density at radius 1 is 0.847 bits per heavy atom. The van der Waals surface area contributed by atoms with Gasteiger partial charge >= 0.3 is 5.97 Å². The van der Waals surface area contributed by atoms with Crippen LogP contribution in [0, 0.1) is 29.6 Å². The second kappa shape index (κ2) is 18.6. The second-order valence-electron chi connectivity index (χ2n) is 18.6. The molecule has 336 valence electrons. The summed E-state index contributed by atoms with van der Waals surface area (Å²) < 4.78 is 51.8. The Hall–Kier alpha value is -2.28. The number of hydrogen-bond acceptors (Lipinski definition) is 15. The number of hydrogen-bond donors (Lipinski definition) is 4. The quantitative estimate of drug-likeness (QED) is 0.197. The highest BCUT2D eigenvalue weighted by atomic mass is 16.7. The van der Waals surface area contributed by atoms with E-state index in [9.17, 15) is 24.9 Å². The van der Waals surface area contributed by atoms with Gasteiger partial charge in [-0.15, -0.1) is 0 Å². The molecule has 4 fully saturated rings. The van der Waals surface area contributed by atoms with E-state index >= 15 is 0 Å². The molecule has 3 heterocycles. The zero-order valence-corrected chi connectivity index (χ0v) is 37.3. The van der Waals surface area contributed by atoms with Gasteiger partial charge in [0.1, 0.15) is 29.7 Å². The summed E-state index contributed by atoms with van der Waals surface area (Å²) in [4.78, 5) is 30.5. The number of aliphatic hydroxyl groups is 3. The van der Waals surface area contributed by atoms with Crippen molar-refractivity contribution >= 4 is 17.4 Å². The molecule has 0 amide bonds. The van der Waals surface area contributed by atoms with E-state index in [1.54, 1.807) is 48.7 Å². The largest absolute Gasteiger partial charge is 0.458 e. The number of fused-ring (bicyclic) bond motifs is 1. The Labute approximate surface area is 350 Å². The van der Waals surface area contributed by atoms with Gasteiger partial charge < -0.3 is 63.8 Å². The number of Topliss-reactive ketones (excluding diaryl/α,β-unsaturated/α-hetero) is 1. The summed E-state index contributed by atoms with van der Waals surface area (Å²) in [5, 5.41) is 34.2. The van der Waals surface area contributed by atoms with Gasteiger partial charge in [-0.05, 0) is 79.3 Å². The summed E-state index contributed by atoms with van der Waals surface area (Å²) >= 11 is 0. The molecule has 19 atom stereocenters. The lowest BCUT2D eigenvalue weighted by Gasteiger charge is -2.50. The number of rotatable bonds is 10. The lowest BCUT2D eigenvalue weighted by molar-refractivity contribution is -0.323. The van der Waals surface area contributed by atoms with Gasteiger partial charge in [0.2, 0.25) is 0 Å². The van der Waals surface area contributed by atoms with Crippen molar-refractivity contribution in [2.45, 2.75) is 172 Å². The number of carbonyl (C=O) groups excluding carboxylic acids is 2. The Morgan fingerprint density at radius 3 is 2.07 bits per heavy atom. The van der Waals surface area contributed by atoms with Crippen molar-refractivity contribution in [1.29, 1.82) is 0 Å². The van der Waals surface area contributed by atoms with Gasteiger partial charge in [-0.25, -0.2) is 0 Å². The van der Waals surface area contributed by atoms with E-state index in [-0.39, 0.29) is 37.4 Å². The summed E-state index contributed by atoms with van der Waals surface area (Å²) in [5.74, 6) is -4.93. The van der Waals surface area contributed by atoms with Gasteiger partial charge in [-0.2, -0.15) is 0 Å². The lowest BCUT2D eigenvalue weighted by atomic mass is 9.75. The second-order valence-corrected chi connectivity index (χ2v) is 18.6. The predicted octanol–water partition coefficient (Wildman–Crippen LogP) is 3.47. The van der Waals surface area contributed by atoms with Crippen molar-refractivity contribution < 1.29 is 62.8 Å². The van der Waals surface area contributed by atoms with E-state index in [1.165, 1.54) is 7.11 Å². The van der Waals surface area contributed by atoms with Crippen molar-refractivity contribution in [2.75, 3.05) is 34.0 Å². The lowest BCUT2D eigenvalue weighted by Crippen LogP contribution is -2.61. The van der Waals surface area contributed by atoms with Gasteiger partial charge in [0, 0.05) is 56.0 Å². The van der Waals surface area contributed by atoms with Crippen LogP contribution in [0.1, 0.15) is 87.1 Å². The van der Waals surface area contributed by atoms with E-state index < -0.39 is 108 Å². The summed E-state index contributed by atoms with van der Waals surface area (Å²) in [7, 11) is 7.04. The standard InChI is InChI=1S/C44H72N2O13/c1-22-19-43(9,53-13)38(59-41-35(31(46(10)11)18-23(2)55-41)54-21-29-14-16-30(45)17-15-29)25(4)34(57-32-20-42(8,52-12)37(49)28(7)56-32)26(5)40(50)58-39-27(6)44(39,51)36(48)24(3)33(22)47/h14-17,22-28,31-32,34-39,41,48-49,51H,18-21,45H2,1-13H3/t22-,23-,24+,25+,26-,27?,28+,31+,32+,34+,35-,36-,37+,38-,39-,41+,42-,43+,44+/m1/s1. The molecule has 5 rings (SSSR count). The molecule has 1 aromatic carbocycles. The van der Waals surface area contributed by atoms with Gasteiger partial charge in [-0.1, -0.05) is 39.8 Å². The number of aliphatic hydroxyl groups excluding tert-OH is 2. The molecule has 3 aliphatic heterocycles. The summed E-state index contributed by atoms with van der Waals surface area (Å²) in [5.41, 5.74) is 3.44. The van der Waals surface area contributed by atoms with Crippen LogP contribution in [0.5, 0.6) is 0 Å². The van der Waals surface area contributed by atoms with Crippen molar-refractivity contribution in [3.8, 4) is 0 Å². The molecular weight excluding hydrogens is 764 g/mol. The maximum atomic E-state index is 14.3. The minimum absolute atomic E-state index is 0.126. The van der Waals surface area contributed by atoms with Crippen molar-refractivity contribution in [3.05, 3.63) is 29.8 Å². The minimum Gasteiger partial charge on any atom is -0.458 e. The highest BCUT2D eigenvalue weighted by molar-refractivity contribution is 5.84. The number of ketones is 1. The van der Waals surface area contributed by atoms with Crippen LogP contribution in [0.3, 0.4) is 0 Å². The van der Waals surface area contributed by atoms with E-state index in [0.29, 0.717) is 12.1 Å². The monoisotopic (exact) mass is 837 g/mol. The van der Waals surface area contributed by atoms with Crippen LogP contribution in [0.25, 0.3) is 0 Å². The number of benzene rings is 1. The third-order valence-electron chi connectivity index (χ3n) is 14.0. The van der Waals surface area contributed by atoms with Crippen molar-refractivity contribution in [2.24, 2.45) is 29.6 Å². The maximum absolute atomic E-state index is 14.3. The summed E-state index contributed by atoms with van der Waals surface area (Å²) in [6, 6.07) is 7.34. The zero-order valence-electron chi connectivity index (χ0n) is 37.3. The third kappa shape index (κ3) is 9.70. The number of nitrogens with two attached hydrogens (primary N) is 1. The van der Waals surface area contributed by atoms with Gasteiger partial charge in [0.05, 0.1) is 54.2 Å². The predicted molar refractivity (Wildman–Crippen MR) is 218 cm³/mol.